The molecule has 24 heavy (non-hydrogen) atoms. The van der Waals surface area contributed by atoms with Crippen LogP contribution in [-0.4, -0.2) is 31.2 Å². The van der Waals surface area contributed by atoms with Gasteiger partial charge in [-0.15, -0.1) is 11.8 Å². The second-order valence-electron chi connectivity index (χ2n) is 5.21. The van der Waals surface area contributed by atoms with Gasteiger partial charge in [-0.3, -0.25) is 4.99 Å². The molecule has 0 amide bonds. The average molecular weight is 343 g/mol. The van der Waals surface area contributed by atoms with E-state index < -0.39 is 5.97 Å². The first-order valence-electron chi connectivity index (χ1n) is 7.45. The summed E-state index contributed by atoms with van der Waals surface area (Å²) >= 11 is 1.58. The first-order chi connectivity index (χ1) is 11.7. The number of fused-ring (bicyclic) bond motifs is 1. The number of ether oxygens (including phenoxy) is 2. The Morgan fingerprint density at radius 1 is 1.33 bits per heavy atom. The number of aromatic carboxylic acids is 1. The van der Waals surface area contributed by atoms with Crippen LogP contribution in [0.4, 0.5) is 5.69 Å². The Kier molecular flexibility index (Phi) is 5.17. The number of benzene rings is 2. The molecule has 0 radical (unpaired) electrons. The van der Waals surface area contributed by atoms with Crippen molar-refractivity contribution in [2.24, 2.45) is 4.99 Å². The van der Waals surface area contributed by atoms with Crippen LogP contribution in [0.2, 0.25) is 0 Å². The standard InChI is InChI=1S/C18H17NO4S/c1-22-11-23-15-9-12-7-8-19-17(12)14(16(15)18(20)21)10-24-13-5-3-2-4-6-13/h2-6,8-9H,7,10-11H2,1H3,(H,20,21). The number of nitrogens with zero attached hydrogens (tertiary/aromatic N) is 1. The number of carboxylic acid groups (broad SMARTS) is 1. The fraction of sp³-hybridized carbons (Fsp3) is 0.222. The highest BCUT2D eigenvalue weighted by molar-refractivity contribution is 7.98. The number of hydrogen-bond donors (Lipinski definition) is 1. The highest BCUT2D eigenvalue weighted by atomic mass is 32.2. The molecular weight excluding hydrogens is 326 g/mol. The molecule has 3 rings (SSSR count). The lowest BCUT2D eigenvalue weighted by molar-refractivity contribution is 0.0482. The number of methoxy groups -OCH3 is 1. The maximum absolute atomic E-state index is 11.8. The van der Waals surface area contributed by atoms with E-state index in [9.17, 15) is 9.90 Å². The van der Waals surface area contributed by atoms with Gasteiger partial charge in [0.2, 0.25) is 0 Å². The van der Waals surface area contributed by atoms with Crippen molar-refractivity contribution in [2.45, 2.75) is 17.1 Å². The number of thioether (sulfide) groups is 1. The van der Waals surface area contributed by atoms with Crippen molar-refractivity contribution in [3.8, 4) is 5.75 Å². The summed E-state index contributed by atoms with van der Waals surface area (Å²) in [6, 6.07) is 11.6. The molecule has 2 aromatic rings. The van der Waals surface area contributed by atoms with E-state index in [1.54, 1.807) is 24.0 Å². The van der Waals surface area contributed by atoms with Crippen molar-refractivity contribution in [1.82, 2.24) is 0 Å². The fourth-order valence-electron chi connectivity index (χ4n) is 2.59. The van der Waals surface area contributed by atoms with Gasteiger partial charge >= 0.3 is 5.97 Å². The van der Waals surface area contributed by atoms with Crippen LogP contribution in [0, 0.1) is 0 Å². The molecule has 124 valence electrons. The van der Waals surface area contributed by atoms with Crippen LogP contribution in [0.3, 0.4) is 0 Å². The molecule has 0 saturated carbocycles. The summed E-state index contributed by atoms with van der Waals surface area (Å²) in [5.41, 5.74) is 2.58. The molecule has 1 aliphatic heterocycles. The summed E-state index contributed by atoms with van der Waals surface area (Å²) in [7, 11) is 1.50. The summed E-state index contributed by atoms with van der Waals surface area (Å²) < 4.78 is 10.4. The normalized spacial score (nSPS) is 12.2. The molecular formula is C18H17NO4S. The molecule has 1 aliphatic rings. The van der Waals surface area contributed by atoms with E-state index in [2.05, 4.69) is 4.99 Å². The summed E-state index contributed by atoms with van der Waals surface area (Å²) in [4.78, 5) is 17.3. The van der Waals surface area contributed by atoms with Gasteiger partial charge in [-0.2, -0.15) is 0 Å². The van der Waals surface area contributed by atoms with Crippen molar-refractivity contribution in [3.05, 3.63) is 53.1 Å². The Hall–Kier alpha value is -2.31. The van der Waals surface area contributed by atoms with Gasteiger partial charge in [0, 0.05) is 36.0 Å². The lowest BCUT2D eigenvalue weighted by Gasteiger charge is -2.16. The van der Waals surface area contributed by atoms with Crippen molar-refractivity contribution in [1.29, 1.82) is 0 Å². The quantitative estimate of drug-likeness (QED) is 0.610. The molecule has 0 bridgehead atoms. The van der Waals surface area contributed by atoms with Gasteiger partial charge in [0.25, 0.3) is 0 Å². The van der Waals surface area contributed by atoms with Crippen LogP contribution in [0.1, 0.15) is 21.5 Å². The molecule has 5 nitrogen and oxygen atoms in total. The second-order valence-corrected chi connectivity index (χ2v) is 6.26. The Bertz CT molecular complexity index is 774. The minimum Gasteiger partial charge on any atom is -0.478 e. The van der Waals surface area contributed by atoms with Crippen LogP contribution in [0.15, 0.2) is 46.3 Å². The molecule has 0 atom stereocenters. The summed E-state index contributed by atoms with van der Waals surface area (Å²) in [6.45, 7) is 0.00515. The van der Waals surface area contributed by atoms with E-state index in [1.807, 2.05) is 30.3 Å². The van der Waals surface area contributed by atoms with Gasteiger partial charge in [-0.1, -0.05) is 18.2 Å². The third-order valence-corrected chi connectivity index (χ3v) is 4.69. The van der Waals surface area contributed by atoms with E-state index in [0.29, 0.717) is 23.5 Å². The van der Waals surface area contributed by atoms with Crippen LogP contribution in [-0.2, 0) is 16.9 Å². The predicted molar refractivity (Wildman–Crippen MR) is 93.8 cm³/mol. The smallest absolute Gasteiger partial charge is 0.339 e. The summed E-state index contributed by atoms with van der Waals surface area (Å²) in [6.07, 6.45) is 2.48. The third-order valence-electron chi connectivity index (χ3n) is 3.65. The molecule has 0 saturated heterocycles. The van der Waals surface area contributed by atoms with E-state index >= 15 is 0 Å². The fourth-order valence-corrected chi connectivity index (χ4v) is 3.54. The van der Waals surface area contributed by atoms with Gasteiger partial charge in [0.05, 0.1) is 5.69 Å². The predicted octanol–water partition coefficient (Wildman–Crippen LogP) is 3.92. The van der Waals surface area contributed by atoms with E-state index in [-0.39, 0.29) is 12.4 Å². The molecule has 0 aromatic heterocycles. The van der Waals surface area contributed by atoms with Gasteiger partial charge in [0.1, 0.15) is 11.3 Å². The van der Waals surface area contributed by atoms with Crippen molar-refractivity contribution < 1.29 is 19.4 Å². The SMILES string of the molecule is COCOc1cc2c(c(CSc3ccccc3)c1C(=O)O)N=CC2. The van der Waals surface area contributed by atoms with Gasteiger partial charge in [0.15, 0.2) is 6.79 Å². The Balaban J connectivity index is 1.99. The Labute approximate surface area is 144 Å². The summed E-state index contributed by atoms with van der Waals surface area (Å²) in [5, 5.41) is 9.69. The zero-order chi connectivity index (χ0) is 16.9. The lowest BCUT2D eigenvalue weighted by atomic mass is 10.0. The molecule has 2 aromatic carbocycles. The van der Waals surface area contributed by atoms with E-state index in [4.69, 9.17) is 9.47 Å². The zero-order valence-electron chi connectivity index (χ0n) is 13.2. The molecule has 0 unspecified atom stereocenters. The first-order valence-corrected chi connectivity index (χ1v) is 8.43. The van der Waals surface area contributed by atoms with Crippen molar-refractivity contribution >= 4 is 29.6 Å². The molecule has 6 heteroatoms. The monoisotopic (exact) mass is 343 g/mol. The maximum atomic E-state index is 11.8. The minimum atomic E-state index is -1.02. The van der Waals surface area contributed by atoms with Gasteiger partial charge in [-0.05, 0) is 23.8 Å². The number of aliphatic imine (C=N–C) groups is 1. The van der Waals surface area contributed by atoms with Crippen LogP contribution < -0.4 is 4.74 Å². The van der Waals surface area contributed by atoms with Gasteiger partial charge in [-0.25, -0.2) is 4.79 Å². The third kappa shape index (κ3) is 3.44. The highest BCUT2D eigenvalue weighted by Crippen LogP contribution is 2.40. The summed E-state index contributed by atoms with van der Waals surface area (Å²) in [5.74, 6) is -0.179. The van der Waals surface area contributed by atoms with Gasteiger partial charge < -0.3 is 14.6 Å². The zero-order valence-corrected chi connectivity index (χ0v) is 14.0. The molecule has 0 fully saturated rings. The average Bonchev–Trinajstić information content (AvgIpc) is 3.06. The Morgan fingerprint density at radius 3 is 2.83 bits per heavy atom. The van der Waals surface area contributed by atoms with Crippen LogP contribution >= 0.6 is 11.8 Å². The second kappa shape index (κ2) is 7.51. The van der Waals surface area contributed by atoms with E-state index in [1.165, 1.54) is 7.11 Å². The van der Waals surface area contributed by atoms with E-state index in [0.717, 1.165) is 16.1 Å². The van der Waals surface area contributed by atoms with Crippen molar-refractivity contribution in [2.75, 3.05) is 13.9 Å². The highest BCUT2D eigenvalue weighted by Gasteiger charge is 2.25. The largest absolute Gasteiger partial charge is 0.478 e. The molecule has 1 heterocycles. The maximum Gasteiger partial charge on any atom is 0.339 e. The van der Waals surface area contributed by atoms with Crippen molar-refractivity contribution in [3.63, 3.8) is 0 Å². The topological polar surface area (TPSA) is 68.1 Å². The minimum absolute atomic E-state index is 0.00515. The molecule has 1 N–H and O–H groups in total. The van der Waals surface area contributed by atoms with Crippen LogP contribution in [0.5, 0.6) is 5.75 Å². The number of hydrogen-bond acceptors (Lipinski definition) is 5. The number of carboxylic acids is 1. The molecule has 0 aliphatic carbocycles. The first kappa shape index (κ1) is 16.5. The molecule has 0 spiro atoms. The Morgan fingerprint density at radius 2 is 2.12 bits per heavy atom. The van der Waals surface area contributed by atoms with Crippen LogP contribution in [0.25, 0.3) is 0 Å². The number of carbonyl (C=O) groups is 1. The number of rotatable bonds is 7. The lowest BCUT2D eigenvalue weighted by Crippen LogP contribution is -2.09.